The Morgan fingerprint density at radius 3 is 2.90 bits per heavy atom. The van der Waals surface area contributed by atoms with E-state index in [9.17, 15) is 8.42 Å². The van der Waals surface area contributed by atoms with E-state index in [4.69, 9.17) is 0 Å². The number of hydrogen-bond acceptors (Lipinski definition) is 5. The highest BCUT2D eigenvalue weighted by Gasteiger charge is 2.29. The summed E-state index contributed by atoms with van der Waals surface area (Å²) in [4.78, 5) is 10.3. The molecule has 21 heavy (non-hydrogen) atoms. The average molecular weight is 321 g/mol. The summed E-state index contributed by atoms with van der Waals surface area (Å²) in [5, 5.41) is 1.03. The lowest BCUT2D eigenvalue weighted by Gasteiger charge is -1.98. The standard InChI is InChI=1S/C14H15N3O2S2/c1-2-10-9-16-13(20-10)7-8-15-14-11-5-3-4-6-12(11)21(18,19)17-14/h3-6,9H,2,7-8H2,1H3,(H,15,17). The summed E-state index contributed by atoms with van der Waals surface area (Å²) in [6.45, 7) is 2.62. The molecule has 0 aliphatic carbocycles. The zero-order valence-electron chi connectivity index (χ0n) is 11.5. The van der Waals surface area contributed by atoms with Crippen LogP contribution in [-0.2, 0) is 22.9 Å². The number of fused-ring (bicyclic) bond motifs is 1. The number of aromatic nitrogens is 1. The maximum atomic E-state index is 11.9. The van der Waals surface area contributed by atoms with E-state index in [0.29, 0.717) is 22.8 Å². The number of benzene rings is 1. The van der Waals surface area contributed by atoms with Crippen molar-refractivity contribution < 1.29 is 8.42 Å². The highest BCUT2D eigenvalue weighted by Crippen LogP contribution is 2.22. The first-order valence-corrected chi connectivity index (χ1v) is 9.00. The van der Waals surface area contributed by atoms with Crippen molar-refractivity contribution in [3.63, 3.8) is 0 Å². The zero-order valence-corrected chi connectivity index (χ0v) is 13.2. The number of nitrogens with zero attached hydrogens (tertiary/aromatic N) is 2. The topological polar surface area (TPSA) is 71.4 Å². The second-order valence-corrected chi connectivity index (χ2v) is 7.51. The second-order valence-electron chi connectivity index (χ2n) is 4.66. The van der Waals surface area contributed by atoms with Gasteiger partial charge in [-0.15, -0.1) is 11.3 Å². The monoisotopic (exact) mass is 321 g/mol. The van der Waals surface area contributed by atoms with E-state index >= 15 is 0 Å². The second kappa shape index (κ2) is 5.57. The maximum absolute atomic E-state index is 11.9. The SMILES string of the molecule is CCc1cnc(CCN=C2NS(=O)(=O)c3ccccc32)s1. The molecular weight excluding hydrogens is 306 g/mol. The molecule has 0 spiro atoms. The molecule has 110 valence electrons. The first-order valence-electron chi connectivity index (χ1n) is 6.70. The lowest BCUT2D eigenvalue weighted by atomic mass is 10.2. The van der Waals surface area contributed by atoms with Crippen LogP contribution in [-0.4, -0.2) is 25.8 Å². The van der Waals surface area contributed by atoms with Gasteiger partial charge in [0.15, 0.2) is 0 Å². The molecule has 2 aromatic rings. The van der Waals surface area contributed by atoms with Crippen molar-refractivity contribution in [2.75, 3.05) is 6.54 Å². The smallest absolute Gasteiger partial charge is 0.263 e. The van der Waals surface area contributed by atoms with Gasteiger partial charge in [-0.25, -0.2) is 13.4 Å². The van der Waals surface area contributed by atoms with E-state index in [2.05, 4.69) is 21.6 Å². The van der Waals surface area contributed by atoms with Crippen LogP contribution in [0.4, 0.5) is 0 Å². The van der Waals surface area contributed by atoms with Crippen LogP contribution in [0.5, 0.6) is 0 Å². The number of aryl methyl sites for hydroxylation is 1. The Kier molecular flexibility index (Phi) is 3.77. The fourth-order valence-electron chi connectivity index (χ4n) is 2.14. The third kappa shape index (κ3) is 2.84. The molecule has 7 heteroatoms. The Bertz CT molecular complexity index is 794. The van der Waals surface area contributed by atoms with Gasteiger partial charge in [-0.3, -0.25) is 9.71 Å². The van der Waals surface area contributed by atoms with Crippen LogP contribution in [0, 0.1) is 0 Å². The van der Waals surface area contributed by atoms with E-state index in [1.54, 1.807) is 29.5 Å². The molecular formula is C14H15N3O2S2. The Hall–Kier alpha value is -1.73. The molecule has 0 amide bonds. The lowest BCUT2D eigenvalue weighted by Crippen LogP contribution is -2.22. The van der Waals surface area contributed by atoms with Gasteiger partial charge in [0.1, 0.15) is 5.84 Å². The van der Waals surface area contributed by atoms with Crippen LogP contribution in [0.15, 0.2) is 40.4 Å². The minimum atomic E-state index is -3.44. The summed E-state index contributed by atoms with van der Waals surface area (Å²) < 4.78 is 26.4. The molecule has 1 aliphatic rings. The van der Waals surface area contributed by atoms with Crippen LogP contribution in [0.25, 0.3) is 0 Å². The average Bonchev–Trinajstić information content (AvgIpc) is 3.03. The third-order valence-corrected chi connectivity index (χ3v) is 5.81. The van der Waals surface area contributed by atoms with Crippen molar-refractivity contribution in [3.05, 3.63) is 45.9 Å². The van der Waals surface area contributed by atoms with Crippen LogP contribution >= 0.6 is 11.3 Å². The minimum Gasteiger partial charge on any atom is -0.267 e. The molecule has 0 bridgehead atoms. The molecule has 0 radical (unpaired) electrons. The molecule has 1 N–H and O–H groups in total. The van der Waals surface area contributed by atoms with Gasteiger partial charge in [0.2, 0.25) is 0 Å². The number of aliphatic imine (C=N–C) groups is 1. The van der Waals surface area contributed by atoms with Gasteiger partial charge in [-0.1, -0.05) is 19.1 Å². The minimum absolute atomic E-state index is 0.297. The predicted molar refractivity (Wildman–Crippen MR) is 83.4 cm³/mol. The number of thiazole rings is 1. The number of hydrogen-bond donors (Lipinski definition) is 1. The summed E-state index contributed by atoms with van der Waals surface area (Å²) in [7, 11) is -3.44. The number of rotatable bonds is 4. The molecule has 1 aromatic carbocycles. The van der Waals surface area contributed by atoms with Crippen LogP contribution in [0.3, 0.4) is 0 Å². The largest absolute Gasteiger partial charge is 0.267 e. The number of nitrogens with one attached hydrogen (secondary N) is 1. The van der Waals surface area contributed by atoms with Gasteiger partial charge in [0.25, 0.3) is 10.0 Å². The van der Waals surface area contributed by atoms with Crippen molar-refractivity contribution in [1.82, 2.24) is 9.71 Å². The third-order valence-electron chi connectivity index (χ3n) is 3.21. The predicted octanol–water partition coefficient (Wildman–Crippen LogP) is 1.99. The molecule has 1 aromatic heterocycles. The summed E-state index contributed by atoms with van der Waals surface area (Å²) in [6, 6.07) is 6.88. The van der Waals surface area contributed by atoms with Gasteiger partial charge in [-0.2, -0.15) is 0 Å². The van der Waals surface area contributed by atoms with E-state index in [1.807, 2.05) is 12.3 Å². The summed E-state index contributed by atoms with van der Waals surface area (Å²) in [5.74, 6) is 0.429. The van der Waals surface area contributed by atoms with Crippen molar-refractivity contribution in [1.29, 1.82) is 0 Å². The highest BCUT2D eigenvalue weighted by molar-refractivity contribution is 7.90. The van der Waals surface area contributed by atoms with E-state index < -0.39 is 10.0 Å². The first-order chi connectivity index (χ1) is 10.1. The van der Waals surface area contributed by atoms with Crippen LogP contribution in [0.2, 0.25) is 0 Å². The first kappa shape index (κ1) is 14.2. The Morgan fingerprint density at radius 1 is 1.33 bits per heavy atom. The van der Waals surface area contributed by atoms with E-state index in [-0.39, 0.29) is 0 Å². The lowest BCUT2D eigenvalue weighted by molar-refractivity contribution is 0.595. The van der Waals surface area contributed by atoms with E-state index in [1.165, 1.54) is 4.88 Å². The summed E-state index contributed by atoms with van der Waals surface area (Å²) in [5.41, 5.74) is 0.644. The Morgan fingerprint density at radius 2 is 2.14 bits per heavy atom. The van der Waals surface area contributed by atoms with Gasteiger partial charge in [0, 0.05) is 29.6 Å². The number of sulfonamides is 1. The summed E-state index contributed by atoms with van der Waals surface area (Å²) in [6.07, 6.45) is 3.60. The van der Waals surface area contributed by atoms with E-state index in [0.717, 1.165) is 17.8 Å². The maximum Gasteiger partial charge on any atom is 0.263 e. The van der Waals surface area contributed by atoms with Crippen molar-refractivity contribution in [3.8, 4) is 0 Å². The molecule has 3 rings (SSSR count). The Balaban J connectivity index is 1.76. The molecule has 2 heterocycles. The normalized spacial score (nSPS) is 17.7. The molecule has 0 saturated carbocycles. The molecule has 1 aliphatic heterocycles. The van der Waals surface area contributed by atoms with Gasteiger partial charge in [-0.05, 0) is 18.6 Å². The quantitative estimate of drug-likeness (QED) is 0.936. The zero-order chi connectivity index (χ0) is 14.9. The van der Waals surface area contributed by atoms with Crippen LogP contribution in [0.1, 0.15) is 22.4 Å². The highest BCUT2D eigenvalue weighted by atomic mass is 32.2. The van der Waals surface area contributed by atoms with Gasteiger partial charge in [0.05, 0.1) is 9.90 Å². The molecule has 0 fully saturated rings. The number of amidine groups is 1. The molecule has 5 nitrogen and oxygen atoms in total. The van der Waals surface area contributed by atoms with Crippen LogP contribution < -0.4 is 4.72 Å². The van der Waals surface area contributed by atoms with Gasteiger partial charge < -0.3 is 0 Å². The molecule has 0 atom stereocenters. The fraction of sp³-hybridized carbons (Fsp3) is 0.286. The van der Waals surface area contributed by atoms with Gasteiger partial charge >= 0.3 is 0 Å². The fourth-order valence-corrected chi connectivity index (χ4v) is 4.24. The molecule has 0 unspecified atom stereocenters. The van der Waals surface area contributed by atoms with Crippen molar-refractivity contribution in [2.24, 2.45) is 4.99 Å². The molecule has 0 saturated heterocycles. The van der Waals surface area contributed by atoms with Crippen molar-refractivity contribution in [2.45, 2.75) is 24.7 Å². The Labute approximate surface area is 127 Å². The van der Waals surface area contributed by atoms with Crippen molar-refractivity contribution >= 4 is 27.2 Å². The summed E-state index contributed by atoms with van der Waals surface area (Å²) >= 11 is 1.68.